The molecule has 5 nitrogen and oxygen atoms in total. The number of benzene rings is 2. The van der Waals surface area contributed by atoms with Gasteiger partial charge in [-0.1, -0.05) is 26.0 Å². The number of carbonyl (C=O) groups excluding carboxylic acids is 1. The first-order chi connectivity index (χ1) is 13.0. The van der Waals surface area contributed by atoms with Crippen molar-refractivity contribution in [1.29, 1.82) is 5.26 Å². The number of hydrogen-bond donors (Lipinski definition) is 1. The first kappa shape index (κ1) is 20.3. The zero-order valence-electron chi connectivity index (χ0n) is 16.3. The molecule has 0 aliphatic heterocycles. The van der Waals surface area contributed by atoms with E-state index in [1.807, 2.05) is 45.9 Å². The van der Waals surface area contributed by atoms with Crippen molar-refractivity contribution in [2.75, 3.05) is 13.2 Å². The quantitative estimate of drug-likeness (QED) is 0.747. The van der Waals surface area contributed by atoms with E-state index in [4.69, 9.17) is 14.7 Å². The number of carbonyl (C=O) groups is 1. The van der Waals surface area contributed by atoms with E-state index >= 15 is 0 Å². The van der Waals surface area contributed by atoms with Crippen LogP contribution >= 0.6 is 0 Å². The Labute approximate surface area is 160 Å². The van der Waals surface area contributed by atoms with E-state index in [1.165, 1.54) is 0 Å². The second kappa shape index (κ2) is 9.63. The van der Waals surface area contributed by atoms with Gasteiger partial charge in [-0.2, -0.15) is 5.26 Å². The lowest BCUT2D eigenvalue weighted by atomic mass is 9.95. The van der Waals surface area contributed by atoms with Crippen LogP contribution in [0.15, 0.2) is 42.5 Å². The summed E-state index contributed by atoms with van der Waals surface area (Å²) in [5.41, 5.74) is 1.88. The van der Waals surface area contributed by atoms with Crippen molar-refractivity contribution in [2.45, 2.75) is 33.7 Å². The molecule has 2 aromatic rings. The van der Waals surface area contributed by atoms with Crippen LogP contribution in [0, 0.1) is 17.2 Å². The number of amides is 1. The fourth-order valence-corrected chi connectivity index (χ4v) is 2.85. The summed E-state index contributed by atoms with van der Waals surface area (Å²) >= 11 is 0. The molecule has 1 N–H and O–H groups in total. The highest BCUT2D eigenvalue weighted by molar-refractivity contribution is 5.94. The molecule has 0 radical (unpaired) electrons. The fraction of sp³-hybridized carbons (Fsp3) is 0.364. The Morgan fingerprint density at radius 1 is 1.07 bits per heavy atom. The van der Waals surface area contributed by atoms with Crippen LogP contribution in [-0.2, 0) is 0 Å². The molecule has 0 fully saturated rings. The summed E-state index contributed by atoms with van der Waals surface area (Å²) in [5, 5.41) is 12.1. The molecule has 0 aliphatic carbocycles. The summed E-state index contributed by atoms with van der Waals surface area (Å²) in [6, 6.07) is 14.3. The van der Waals surface area contributed by atoms with Gasteiger partial charge in [0.1, 0.15) is 0 Å². The van der Waals surface area contributed by atoms with Gasteiger partial charge in [-0.15, -0.1) is 0 Å². The Morgan fingerprint density at radius 3 is 2.41 bits per heavy atom. The van der Waals surface area contributed by atoms with Gasteiger partial charge in [0.15, 0.2) is 11.5 Å². The standard InChI is InChI=1S/C22H26N2O3/c1-5-26-19-11-10-17(13-20(19)27-6-2)21(15(3)4)24-22(25)18-9-7-8-16(12-18)14-23/h7-13,15,21H,5-6H2,1-4H3,(H,24,25). The molecule has 5 heteroatoms. The van der Waals surface area contributed by atoms with Crippen molar-refractivity contribution in [3.63, 3.8) is 0 Å². The number of ether oxygens (including phenoxy) is 2. The minimum absolute atomic E-state index is 0.167. The maximum atomic E-state index is 12.7. The van der Waals surface area contributed by atoms with Crippen LogP contribution in [0.3, 0.4) is 0 Å². The fourth-order valence-electron chi connectivity index (χ4n) is 2.85. The van der Waals surface area contributed by atoms with E-state index in [9.17, 15) is 4.79 Å². The zero-order valence-corrected chi connectivity index (χ0v) is 16.3. The summed E-state index contributed by atoms with van der Waals surface area (Å²) in [5.74, 6) is 1.32. The summed E-state index contributed by atoms with van der Waals surface area (Å²) < 4.78 is 11.3. The molecule has 27 heavy (non-hydrogen) atoms. The minimum Gasteiger partial charge on any atom is -0.490 e. The number of nitrogens with one attached hydrogen (secondary N) is 1. The topological polar surface area (TPSA) is 71.3 Å². The largest absolute Gasteiger partial charge is 0.490 e. The average molecular weight is 366 g/mol. The third-order valence-electron chi connectivity index (χ3n) is 4.13. The van der Waals surface area contributed by atoms with Crippen molar-refractivity contribution < 1.29 is 14.3 Å². The summed E-state index contributed by atoms with van der Waals surface area (Å²) in [7, 11) is 0. The molecular formula is C22H26N2O3. The van der Waals surface area contributed by atoms with Crippen molar-refractivity contribution in [3.05, 3.63) is 59.2 Å². The molecule has 0 spiro atoms. The molecule has 0 aromatic heterocycles. The van der Waals surface area contributed by atoms with Crippen molar-refractivity contribution in [3.8, 4) is 17.6 Å². The van der Waals surface area contributed by atoms with E-state index in [2.05, 4.69) is 11.4 Å². The zero-order chi connectivity index (χ0) is 19.8. The SMILES string of the molecule is CCOc1ccc(C(NC(=O)c2cccc(C#N)c2)C(C)C)cc1OCC. The van der Waals surface area contributed by atoms with Gasteiger partial charge in [0.25, 0.3) is 5.91 Å². The maximum Gasteiger partial charge on any atom is 0.251 e. The number of nitrogens with zero attached hydrogens (tertiary/aromatic N) is 1. The average Bonchev–Trinajstić information content (AvgIpc) is 2.67. The maximum absolute atomic E-state index is 12.7. The lowest BCUT2D eigenvalue weighted by molar-refractivity contribution is 0.0925. The van der Waals surface area contributed by atoms with Crippen LogP contribution in [0.4, 0.5) is 0 Å². The van der Waals surface area contributed by atoms with Crippen LogP contribution in [0.5, 0.6) is 11.5 Å². The van der Waals surface area contributed by atoms with Crippen LogP contribution in [0.25, 0.3) is 0 Å². The smallest absolute Gasteiger partial charge is 0.251 e. The van der Waals surface area contributed by atoms with Crippen LogP contribution in [0.2, 0.25) is 0 Å². The van der Waals surface area contributed by atoms with Crippen molar-refractivity contribution >= 4 is 5.91 Å². The second-order valence-electron chi connectivity index (χ2n) is 6.46. The lowest BCUT2D eigenvalue weighted by Crippen LogP contribution is -2.31. The van der Waals surface area contributed by atoms with E-state index in [1.54, 1.807) is 24.3 Å². The van der Waals surface area contributed by atoms with Gasteiger partial charge in [-0.05, 0) is 55.7 Å². The van der Waals surface area contributed by atoms with Gasteiger partial charge in [0.2, 0.25) is 0 Å². The molecule has 2 rings (SSSR count). The van der Waals surface area contributed by atoms with E-state index in [-0.39, 0.29) is 17.9 Å². The second-order valence-corrected chi connectivity index (χ2v) is 6.46. The summed E-state index contributed by atoms with van der Waals surface area (Å²) in [6.07, 6.45) is 0. The first-order valence-electron chi connectivity index (χ1n) is 9.20. The molecule has 0 saturated heterocycles. The summed E-state index contributed by atoms with van der Waals surface area (Å²) in [4.78, 5) is 12.7. The van der Waals surface area contributed by atoms with Gasteiger partial charge >= 0.3 is 0 Å². The Balaban J connectivity index is 2.30. The molecule has 0 saturated carbocycles. The number of hydrogen-bond acceptors (Lipinski definition) is 4. The van der Waals surface area contributed by atoms with Gasteiger partial charge in [-0.3, -0.25) is 4.79 Å². The Hall–Kier alpha value is -3.00. The predicted molar refractivity (Wildman–Crippen MR) is 105 cm³/mol. The van der Waals surface area contributed by atoms with E-state index < -0.39 is 0 Å². The monoisotopic (exact) mass is 366 g/mol. The highest BCUT2D eigenvalue weighted by Gasteiger charge is 2.21. The van der Waals surface area contributed by atoms with Crippen molar-refractivity contribution in [2.24, 2.45) is 5.92 Å². The number of nitriles is 1. The normalized spacial score (nSPS) is 11.6. The molecule has 142 valence electrons. The molecule has 1 unspecified atom stereocenters. The van der Waals surface area contributed by atoms with Crippen LogP contribution in [-0.4, -0.2) is 19.1 Å². The Morgan fingerprint density at radius 2 is 1.78 bits per heavy atom. The van der Waals surface area contributed by atoms with Gasteiger partial charge < -0.3 is 14.8 Å². The highest BCUT2D eigenvalue weighted by Crippen LogP contribution is 2.33. The number of rotatable bonds is 8. The molecule has 2 aromatic carbocycles. The molecule has 1 atom stereocenters. The van der Waals surface area contributed by atoms with E-state index in [0.717, 1.165) is 5.56 Å². The van der Waals surface area contributed by atoms with E-state index in [0.29, 0.717) is 35.8 Å². The van der Waals surface area contributed by atoms with Gasteiger partial charge in [0.05, 0.1) is 30.9 Å². The Bertz CT molecular complexity index is 825. The third-order valence-corrected chi connectivity index (χ3v) is 4.13. The minimum atomic E-state index is -0.211. The van der Waals surface area contributed by atoms with Crippen LogP contribution in [0.1, 0.15) is 55.2 Å². The lowest BCUT2D eigenvalue weighted by Gasteiger charge is -2.24. The van der Waals surface area contributed by atoms with Crippen LogP contribution < -0.4 is 14.8 Å². The summed E-state index contributed by atoms with van der Waals surface area (Å²) in [6.45, 7) is 9.03. The molecule has 0 heterocycles. The molecule has 0 bridgehead atoms. The third kappa shape index (κ3) is 5.24. The predicted octanol–water partition coefficient (Wildman–Crippen LogP) is 4.48. The first-order valence-corrected chi connectivity index (χ1v) is 9.20. The highest BCUT2D eigenvalue weighted by atomic mass is 16.5. The molecular weight excluding hydrogens is 340 g/mol. The van der Waals surface area contributed by atoms with Crippen molar-refractivity contribution in [1.82, 2.24) is 5.32 Å². The molecule has 0 aliphatic rings. The van der Waals surface area contributed by atoms with Gasteiger partial charge in [-0.25, -0.2) is 0 Å². The van der Waals surface area contributed by atoms with Gasteiger partial charge in [0, 0.05) is 5.56 Å². The Kier molecular flexibility index (Phi) is 7.25. The molecule has 1 amide bonds.